The molecule has 0 unspecified atom stereocenters. The molecule has 1 aliphatic rings. The zero-order valence-electron chi connectivity index (χ0n) is 14.8. The van der Waals surface area contributed by atoms with Gasteiger partial charge in [-0.1, -0.05) is 18.2 Å². The van der Waals surface area contributed by atoms with E-state index in [-0.39, 0.29) is 23.3 Å². The van der Waals surface area contributed by atoms with E-state index in [1.807, 2.05) is 35.9 Å². The minimum absolute atomic E-state index is 0.0133. The van der Waals surface area contributed by atoms with E-state index in [9.17, 15) is 9.18 Å². The highest BCUT2D eigenvalue weighted by Crippen LogP contribution is 2.35. The fourth-order valence-corrected chi connectivity index (χ4v) is 3.77. The van der Waals surface area contributed by atoms with E-state index in [0.29, 0.717) is 6.54 Å². The van der Waals surface area contributed by atoms with Crippen LogP contribution in [0.1, 0.15) is 35.1 Å². The minimum atomic E-state index is -0.565. The predicted molar refractivity (Wildman–Crippen MR) is 96.7 cm³/mol. The van der Waals surface area contributed by atoms with Gasteiger partial charge in [-0.2, -0.15) is 0 Å². The molecule has 4 rings (SSSR count). The van der Waals surface area contributed by atoms with Gasteiger partial charge in [-0.05, 0) is 37.1 Å². The van der Waals surface area contributed by atoms with E-state index < -0.39 is 5.82 Å². The number of carbonyl (C=O) groups excluding carboxylic acids is 1. The van der Waals surface area contributed by atoms with Crippen LogP contribution in [0.4, 0.5) is 4.39 Å². The van der Waals surface area contributed by atoms with Crippen molar-refractivity contribution >= 4 is 16.9 Å². The third kappa shape index (κ3) is 2.53. The molecule has 2 aromatic carbocycles. The first kappa shape index (κ1) is 16.6. The Labute approximate surface area is 151 Å². The summed E-state index contributed by atoms with van der Waals surface area (Å²) in [7, 11) is 3.40. The van der Waals surface area contributed by atoms with Crippen molar-refractivity contribution in [2.75, 3.05) is 13.7 Å². The fourth-order valence-electron chi connectivity index (χ4n) is 3.77. The van der Waals surface area contributed by atoms with Gasteiger partial charge in [0.25, 0.3) is 5.91 Å². The van der Waals surface area contributed by atoms with Crippen LogP contribution in [-0.2, 0) is 7.05 Å². The molecule has 1 saturated heterocycles. The van der Waals surface area contributed by atoms with Gasteiger partial charge in [0, 0.05) is 13.6 Å². The first-order valence-electron chi connectivity index (χ1n) is 8.66. The van der Waals surface area contributed by atoms with Crippen molar-refractivity contribution in [1.82, 2.24) is 14.5 Å². The van der Waals surface area contributed by atoms with Crippen molar-refractivity contribution in [2.24, 2.45) is 7.05 Å². The summed E-state index contributed by atoms with van der Waals surface area (Å²) < 4.78 is 21.6. The van der Waals surface area contributed by atoms with Gasteiger partial charge < -0.3 is 14.2 Å². The number of imidazole rings is 1. The van der Waals surface area contributed by atoms with Gasteiger partial charge in [0.15, 0.2) is 0 Å². The Morgan fingerprint density at radius 3 is 2.81 bits per heavy atom. The number of fused-ring (bicyclic) bond motifs is 1. The van der Waals surface area contributed by atoms with Crippen molar-refractivity contribution in [3.8, 4) is 5.75 Å². The number of likely N-dealkylation sites (tertiary alicyclic amines) is 1. The lowest BCUT2D eigenvalue weighted by molar-refractivity contribution is 0.0720. The number of hydrogen-bond donors (Lipinski definition) is 0. The molecule has 3 aromatic rings. The van der Waals surface area contributed by atoms with E-state index in [4.69, 9.17) is 9.72 Å². The minimum Gasteiger partial charge on any atom is -0.496 e. The summed E-state index contributed by atoms with van der Waals surface area (Å²) in [6, 6.07) is 12.1. The Hall–Kier alpha value is -2.89. The highest BCUT2D eigenvalue weighted by atomic mass is 19.1. The maximum Gasteiger partial charge on any atom is 0.261 e. The molecular weight excluding hydrogens is 333 g/mol. The lowest BCUT2D eigenvalue weighted by atomic mass is 10.1. The van der Waals surface area contributed by atoms with Crippen LogP contribution in [0.2, 0.25) is 0 Å². The lowest BCUT2D eigenvalue weighted by Crippen LogP contribution is -2.32. The SMILES string of the molecule is COc1cccc(F)c1C(=O)N1CCC[C@@H]1c1nc2ccccc2n1C. The van der Waals surface area contributed by atoms with E-state index >= 15 is 0 Å². The first-order chi connectivity index (χ1) is 12.6. The number of methoxy groups -OCH3 is 1. The quantitative estimate of drug-likeness (QED) is 0.721. The Morgan fingerprint density at radius 1 is 1.23 bits per heavy atom. The maximum atomic E-state index is 14.4. The van der Waals surface area contributed by atoms with Crippen molar-refractivity contribution in [3.05, 3.63) is 59.7 Å². The molecule has 0 saturated carbocycles. The number of amides is 1. The predicted octanol–water partition coefficient (Wildman–Crippen LogP) is 3.70. The number of ether oxygens (including phenoxy) is 1. The van der Waals surface area contributed by atoms with Gasteiger partial charge in [-0.25, -0.2) is 9.37 Å². The summed E-state index contributed by atoms with van der Waals surface area (Å²) in [5.41, 5.74) is 1.90. The number of aryl methyl sites for hydroxylation is 1. The number of nitrogens with zero attached hydrogens (tertiary/aromatic N) is 3. The fraction of sp³-hybridized carbons (Fsp3) is 0.300. The lowest BCUT2D eigenvalue weighted by Gasteiger charge is -2.25. The number of aromatic nitrogens is 2. The van der Waals surface area contributed by atoms with Crippen LogP contribution in [0.15, 0.2) is 42.5 Å². The van der Waals surface area contributed by atoms with Gasteiger partial charge in [-0.3, -0.25) is 4.79 Å². The average Bonchev–Trinajstić information content (AvgIpc) is 3.26. The van der Waals surface area contributed by atoms with Crippen LogP contribution in [0.3, 0.4) is 0 Å². The summed E-state index contributed by atoms with van der Waals surface area (Å²) in [6.45, 7) is 0.574. The summed E-state index contributed by atoms with van der Waals surface area (Å²) in [6.07, 6.45) is 1.66. The number of halogens is 1. The van der Waals surface area contributed by atoms with E-state index in [1.54, 1.807) is 11.0 Å². The molecule has 1 amide bonds. The molecule has 0 radical (unpaired) electrons. The van der Waals surface area contributed by atoms with Crippen LogP contribution in [0.5, 0.6) is 5.75 Å². The topological polar surface area (TPSA) is 47.4 Å². The van der Waals surface area contributed by atoms with Crippen LogP contribution in [0.25, 0.3) is 11.0 Å². The monoisotopic (exact) mass is 353 g/mol. The summed E-state index contributed by atoms with van der Waals surface area (Å²) in [5, 5.41) is 0. The van der Waals surface area contributed by atoms with E-state index in [0.717, 1.165) is 29.7 Å². The molecule has 0 aliphatic carbocycles. The molecule has 134 valence electrons. The van der Waals surface area contributed by atoms with Gasteiger partial charge >= 0.3 is 0 Å². The van der Waals surface area contributed by atoms with E-state index in [1.165, 1.54) is 19.2 Å². The molecule has 0 N–H and O–H groups in total. The molecule has 0 bridgehead atoms. The van der Waals surface area contributed by atoms with Crippen LogP contribution in [0, 0.1) is 5.82 Å². The zero-order valence-corrected chi connectivity index (χ0v) is 14.8. The Bertz CT molecular complexity index is 982. The molecule has 26 heavy (non-hydrogen) atoms. The zero-order chi connectivity index (χ0) is 18.3. The van der Waals surface area contributed by atoms with Crippen LogP contribution in [-0.4, -0.2) is 34.0 Å². The molecular formula is C20H20FN3O2. The van der Waals surface area contributed by atoms with E-state index in [2.05, 4.69) is 0 Å². The first-order valence-corrected chi connectivity index (χ1v) is 8.66. The molecule has 0 spiro atoms. The van der Waals surface area contributed by atoms with Crippen molar-refractivity contribution in [1.29, 1.82) is 0 Å². The number of carbonyl (C=O) groups is 1. The molecule has 6 heteroatoms. The Kier molecular flexibility index (Phi) is 4.11. The molecule has 2 heterocycles. The highest BCUT2D eigenvalue weighted by Gasteiger charge is 2.35. The third-order valence-corrected chi connectivity index (χ3v) is 5.04. The Morgan fingerprint density at radius 2 is 2.04 bits per heavy atom. The molecule has 1 aromatic heterocycles. The normalized spacial score (nSPS) is 17.0. The van der Waals surface area contributed by atoms with Crippen LogP contribution >= 0.6 is 0 Å². The second-order valence-corrected chi connectivity index (χ2v) is 6.49. The highest BCUT2D eigenvalue weighted by molar-refractivity contribution is 5.97. The van der Waals surface area contributed by atoms with Crippen molar-refractivity contribution in [2.45, 2.75) is 18.9 Å². The summed E-state index contributed by atoms with van der Waals surface area (Å²) in [4.78, 5) is 19.6. The Balaban J connectivity index is 1.75. The van der Waals surface area contributed by atoms with Gasteiger partial charge in [0.2, 0.25) is 0 Å². The molecule has 1 aliphatic heterocycles. The largest absolute Gasteiger partial charge is 0.496 e. The third-order valence-electron chi connectivity index (χ3n) is 5.04. The van der Waals surface area contributed by atoms with Gasteiger partial charge in [0.1, 0.15) is 23.0 Å². The molecule has 5 nitrogen and oxygen atoms in total. The number of hydrogen-bond acceptors (Lipinski definition) is 3. The van der Waals surface area contributed by atoms with Crippen LogP contribution < -0.4 is 4.74 Å². The van der Waals surface area contributed by atoms with Gasteiger partial charge in [0.05, 0.1) is 24.2 Å². The number of benzene rings is 2. The molecule has 1 atom stereocenters. The molecule has 1 fully saturated rings. The summed E-state index contributed by atoms with van der Waals surface area (Å²) >= 11 is 0. The van der Waals surface area contributed by atoms with Gasteiger partial charge in [-0.15, -0.1) is 0 Å². The van der Waals surface area contributed by atoms with Crippen molar-refractivity contribution in [3.63, 3.8) is 0 Å². The standard InChI is InChI=1S/C20H20FN3O2/c1-23-15-9-4-3-8-14(15)22-19(23)16-10-6-12-24(16)20(25)18-13(21)7-5-11-17(18)26-2/h3-5,7-9,11,16H,6,10,12H2,1-2H3/t16-/m1/s1. The average molecular weight is 353 g/mol. The second kappa shape index (κ2) is 6.44. The summed E-state index contributed by atoms with van der Waals surface area (Å²) in [5.74, 6) is 0.164. The maximum absolute atomic E-state index is 14.4. The second-order valence-electron chi connectivity index (χ2n) is 6.49. The van der Waals surface area contributed by atoms with Crippen molar-refractivity contribution < 1.29 is 13.9 Å². The number of rotatable bonds is 3. The number of para-hydroxylation sites is 2. The smallest absolute Gasteiger partial charge is 0.261 e.